The second-order valence-corrected chi connectivity index (χ2v) is 4.52. The minimum absolute atomic E-state index is 0.0714. The summed E-state index contributed by atoms with van der Waals surface area (Å²) in [4.78, 5) is 0. The Morgan fingerprint density at radius 1 is 1.33 bits per heavy atom. The summed E-state index contributed by atoms with van der Waals surface area (Å²) in [6, 6.07) is 10.0. The van der Waals surface area contributed by atoms with Gasteiger partial charge in [-0.3, -0.25) is 4.68 Å². The van der Waals surface area contributed by atoms with E-state index in [9.17, 15) is 0 Å². The van der Waals surface area contributed by atoms with Crippen LogP contribution >= 0.6 is 0 Å². The Morgan fingerprint density at radius 3 is 2.61 bits per heavy atom. The van der Waals surface area contributed by atoms with Crippen LogP contribution in [0.3, 0.4) is 0 Å². The summed E-state index contributed by atoms with van der Waals surface area (Å²) >= 11 is 0. The van der Waals surface area contributed by atoms with E-state index in [4.69, 9.17) is 10.5 Å². The van der Waals surface area contributed by atoms with Gasteiger partial charge < -0.3 is 10.5 Å². The zero-order valence-corrected chi connectivity index (χ0v) is 10.8. The van der Waals surface area contributed by atoms with Gasteiger partial charge in [0, 0.05) is 24.8 Å². The number of ether oxygens (including phenoxy) is 1. The van der Waals surface area contributed by atoms with Crippen molar-refractivity contribution in [3.05, 3.63) is 53.9 Å². The van der Waals surface area contributed by atoms with Crippen molar-refractivity contribution in [1.82, 2.24) is 9.78 Å². The molecule has 96 valence electrons. The molecule has 0 saturated carbocycles. The Kier molecular flexibility index (Phi) is 4.12. The molecule has 0 bridgehead atoms. The normalized spacial score (nSPS) is 14.4. The van der Waals surface area contributed by atoms with Crippen LogP contribution in [0.5, 0.6) is 0 Å². The van der Waals surface area contributed by atoms with Crippen LogP contribution < -0.4 is 5.73 Å². The molecule has 0 aliphatic heterocycles. The highest BCUT2D eigenvalue weighted by molar-refractivity contribution is 5.14. The first-order chi connectivity index (χ1) is 8.66. The number of nitrogens with two attached hydrogens (primary N) is 1. The van der Waals surface area contributed by atoms with Gasteiger partial charge in [0.15, 0.2) is 0 Å². The zero-order valence-electron chi connectivity index (χ0n) is 10.8. The van der Waals surface area contributed by atoms with E-state index in [1.54, 1.807) is 10.9 Å². The van der Waals surface area contributed by atoms with Crippen molar-refractivity contribution in [2.24, 2.45) is 12.8 Å². The van der Waals surface area contributed by atoms with Crippen molar-refractivity contribution in [1.29, 1.82) is 0 Å². The van der Waals surface area contributed by atoms with Crippen LogP contribution in [0.4, 0.5) is 0 Å². The molecule has 2 atom stereocenters. The molecule has 0 saturated heterocycles. The maximum absolute atomic E-state index is 5.98. The SMILES string of the molecule is CC(N)C(OCc1ccccc1)c1cnn(C)c1. The molecule has 1 heterocycles. The molecule has 2 aromatic rings. The van der Waals surface area contributed by atoms with E-state index in [1.807, 2.05) is 50.5 Å². The third kappa shape index (κ3) is 3.18. The third-order valence-corrected chi connectivity index (χ3v) is 2.80. The van der Waals surface area contributed by atoms with Gasteiger partial charge in [-0.2, -0.15) is 5.10 Å². The summed E-state index contributed by atoms with van der Waals surface area (Å²) in [5.74, 6) is 0. The maximum atomic E-state index is 5.98. The summed E-state index contributed by atoms with van der Waals surface area (Å²) in [5.41, 5.74) is 8.14. The monoisotopic (exact) mass is 245 g/mol. The number of rotatable bonds is 5. The quantitative estimate of drug-likeness (QED) is 0.877. The number of hydrogen-bond acceptors (Lipinski definition) is 3. The molecule has 0 amide bonds. The Balaban J connectivity index is 2.04. The second-order valence-electron chi connectivity index (χ2n) is 4.52. The molecule has 2 unspecified atom stereocenters. The highest BCUT2D eigenvalue weighted by Gasteiger charge is 2.18. The highest BCUT2D eigenvalue weighted by Crippen LogP contribution is 2.21. The molecule has 4 nitrogen and oxygen atoms in total. The van der Waals surface area contributed by atoms with Gasteiger partial charge in [-0.05, 0) is 12.5 Å². The van der Waals surface area contributed by atoms with E-state index in [0.29, 0.717) is 6.61 Å². The Labute approximate surface area is 107 Å². The molecule has 2 N–H and O–H groups in total. The van der Waals surface area contributed by atoms with Crippen LogP contribution in [0.2, 0.25) is 0 Å². The Hall–Kier alpha value is -1.65. The molecule has 2 rings (SSSR count). The largest absolute Gasteiger partial charge is 0.367 e. The molecule has 1 aromatic heterocycles. The van der Waals surface area contributed by atoms with Crippen molar-refractivity contribution in [3.63, 3.8) is 0 Å². The van der Waals surface area contributed by atoms with Crippen LogP contribution in [0.25, 0.3) is 0 Å². The second kappa shape index (κ2) is 5.80. The van der Waals surface area contributed by atoms with Crippen LogP contribution in [0, 0.1) is 0 Å². The van der Waals surface area contributed by atoms with E-state index in [0.717, 1.165) is 11.1 Å². The maximum Gasteiger partial charge on any atom is 0.101 e. The summed E-state index contributed by atoms with van der Waals surface area (Å²) in [7, 11) is 1.89. The molecule has 1 aromatic carbocycles. The van der Waals surface area contributed by atoms with Gasteiger partial charge in [-0.25, -0.2) is 0 Å². The van der Waals surface area contributed by atoms with Gasteiger partial charge >= 0.3 is 0 Å². The van der Waals surface area contributed by atoms with E-state index in [1.165, 1.54) is 0 Å². The fourth-order valence-electron chi connectivity index (χ4n) is 1.90. The van der Waals surface area contributed by atoms with Crippen LogP contribution in [-0.2, 0) is 18.4 Å². The topological polar surface area (TPSA) is 53.1 Å². The predicted octanol–water partition coefficient (Wildman–Crippen LogP) is 2.03. The van der Waals surface area contributed by atoms with Crippen LogP contribution in [0.15, 0.2) is 42.7 Å². The van der Waals surface area contributed by atoms with Crippen LogP contribution in [-0.4, -0.2) is 15.8 Å². The molecule has 18 heavy (non-hydrogen) atoms. The van der Waals surface area contributed by atoms with Crippen molar-refractivity contribution < 1.29 is 4.74 Å². The number of aryl methyl sites for hydroxylation is 1. The Bertz CT molecular complexity index is 479. The van der Waals surface area contributed by atoms with Gasteiger partial charge in [0.25, 0.3) is 0 Å². The lowest BCUT2D eigenvalue weighted by molar-refractivity contribution is 0.0258. The zero-order chi connectivity index (χ0) is 13.0. The number of nitrogens with zero attached hydrogens (tertiary/aromatic N) is 2. The van der Waals surface area contributed by atoms with Gasteiger partial charge in [-0.15, -0.1) is 0 Å². The molecule has 0 fully saturated rings. The molecule has 0 radical (unpaired) electrons. The molecule has 0 aliphatic carbocycles. The standard InChI is InChI=1S/C14H19N3O/c1-11(15)14(13-8-16-17(2)9-13)18-10-12-6-4-3-5-7-12/h3-9,11,14H,10,15H2,1-2H3. The molecular weight excluding hydrogens is 226 g/mol. The minimum Gasteiger partial charge on any atom is -0.367 e. The smallest absolute Gasteiger partial charge is 0.101 e. The first kappa shape index (κ1) is 12.8. The summed E-state index contributed by atoms with van der Waals surface area (Å²) in [6.45, 7) is 2.50. The first-order valence-corrected chi connectivity index (χ1v) is 6.06. The fourth-order valence-corrected chi connectivity index (χ4v) is 1.90. The highest BCUT2D eigenvalue weighted by atomic mass is 16.5. The lowest BCUT2D eigenvalue weighted by Gasteiger charge is -2.20. The van der Waals surface area contributed by atoms with Crippen molar-refractivity contribution in [3.8, 4) is 0 Å². The molecule has 4 heteroatoms. The average Bonchev–Trinajstić information content (AvgIpc) is 2.77. The lowest BCUT2D eigenvalue weighted by Crippen LogP contribution is -2.26. The van der Waals surface area contributed by atoms with E-state index < -0.39 is 0 Å². The third-order valence-electron chi connectivity index (χ3n) is 2.80. The van der Waals surface area contributed by atoms with Gasteiger partial charge in [0.1, 0.15) is 6.10 Å². The molecule has 0 aliphatic rings. The summed E-state index contributed by atoms with van der Waals surface area (Å²) < 4.78 is 7.67. The average molecular weight is 245 g/mol. The van der Waals surface area contributed by atoms with Gasteiger partial charge in [-0.1, -0.05) is 30.3 Å². The first-order valence-electron chi connectivity index (χ1n) is 6.06. The number of hydrogen-bond donors (Lipinski definition) is 1. The fraction of sp³-hybridized carbons (Fsp3) is 0.357. The molecular formula is C14H19N3O. The summed E-state index contributed by atoms with van der Waals surface area (Å²) in [5, 5.41) is 4.16. The number of aromatic nitrogens is 2. The predicted molar refractivity (Wildman–Crippen MR) is 70.8 cm³/mol. The Morgan fingerprint density at radius 2 is 2.06 bits per heavy atom. The van der Waals surface area contributed by atoms with Crippen molar-refractivity contribution in [2.75, 3.05) is 0 Å². The van der Waals surface area contributed by atoms with Gasteiger partial charge in [0.2, 0.25) is 0 Å². The summed E-state index contributed by atoms with van der Waals surface area (Å²) in [6.07, 6.45) is 3.62. The van der Waals surface area contributed by atoms with E-state index in [2.05, 4.69) is 5.10 Å². The molecule has 0 spiro atoms. The van der Waals surface area contributed by atoms with Crippen molar-refractivity contribution >= 4 is 0 Å². The minimum atomic E-state index is -0.126. The van der Waals surface area contributed by atoms with E-state index in [-0.39, 0.29) is 12.1 Å². The van der Waals surface area contributed by atoms with E-state index >= 15 is 0 Å². The van der Waals surface area contributed by atoms with Crippen molar-refractivity contribution in [2.45, 2.75) is 25.7 Å². The van der Waals surface area contributed by atoms with Crippen LogP contribution in [0.1, 0.15) is 24.2 Å². The van der Waals surface area contributed by atoms with Gasteiger partial charge in [0.05, 0.1) is 12.8 Å². The lowest BCUT2D eigenvalue weighted by atomic mass is 10.1. The number of benzene rings is 1.